The van der Waals surface area contributed by atoms with Crippen LogP contribution in [0, 0.1) is 0 Å². The Morgan fingerprint density at radius 3 is 2.52 bits per heavy atom. The Balaban J connectivity index is 1.82. The van der Waals surface area contributed by atoms with Crippen LogP contribution < -0.4 is 10.6 Å². The summed E-state index contributed by atoms with van der Waals surface area (Å²) in [5.74, 6) is 0.210. The van der Waals surface area contributed by atoms with Crippen molar-refractivity contribution in [1.29, 1.82) is 0 Å². The van der Waals surface area contributed by atoms with Crippen molar-refractivity contribution in [3.05, 3.63) is 34.9 Å². The first-order valence-corrected chi connectivity index (χ1v) is 7.85. The number of amides is 2. The van der Waals surface area contributed by atoms with Gasteiger partial charge in [0.05, 0.1) is 12.1 Å². The van der Waals surface area contributed by atoms with Crippen LogP contribution in [-0.2, 0) is 0 Å². The highest BCUT2D eigenvalue weighted by molar-refractivity contribution is 6.30. The summed E-state index contributed by atoms with van der Waals surface area (Å²) >= 11 is 5.87. The number of hydrogen-bond acceptors (Lipinski definition) is 2. The Labute approximate surface area is 130 Å². The molecular weight excluding hydrogens is 288 g/mol. The number of halogens is 1. The van der Waals surface area contributed by atoms with Crippen molar-refractivity contribution in [3.8, 4) is 0 Å². The van der Waals surface area contributed by atoms with Crippen molar-refractivity contribution in [2.24, 2.45) is 0 Å². The lowest BCUT2D eigenvalue weighted by Crippen LogP contribution is -2.53. The summed E-state index contributed by atoms with van der Waals surface area (Å²) < 4.78 is 0. The normalized spacial score (nSPS) is 18.2. The van der Waals surface area contributed by atoms with E-state index in [0.29, 0.717) is 11.6 Å². The molecule has 0 heterocycles. The molecule has 0 unspecified atom stereocenters. The van der Waals surface area contributed by atoms with Crippen LogP contribution in [0.25, 0.3) is 0 Å². The van der Waals surface area contributed by atoms with Gasteiger partial charge < -0.3 is 15.7 Å². The van der Waals surface area contributed by atoms with Crippen LogP contribution in [0.2, 0.25) is 5.02 Å². The van der Waals surface area contributed by atoms with E-state index < -0.39 is 5.54 Å². The number of carbonyl (C=O) groups is 1. The Bertz CT molecular complexity index is 470. The molecule has 0 spiro atoms. The third-order valence-electron chi connectivity index (χ3n) is 4.25. The molecular formula is C16H23ClN2O2. The highest BCUT2D eigenvalue weighted by Gasteiger charge is 2.34. The van der Waals surface area contributed by atoms with E-state index in [1.54, 1.807) is 0 Å². The number of aliphatic hydroxyl groups is 1. The summed E-state index contributed by atoms with van der Waals surface area (Å²) in [7, 11) is 0. The molecule has 0 saturated heterocycles. The average Bonchev–Trinajstić information content (AvgIpc) is 2.94. The van der Waals surface area contributed by atoms with Crippen molar-refractivity contribution in [3.63, 3.8) is 0 Å². The zero-order valence-corrected chi connectivity index (χ0v) is 13.1. The fraction of sp³-hybridized carbons (Fsp3) is 0.562. The summed E-state index contributed by atoms with van der Waals surface area (Å²) in [6.07, 6.45) is 3.82. The van der Waals surface area contributed by atoms with Gasteiger partial charge in [0, 0.05) is 11.6 Å². The second-order valence-corrected chi connectivity index (χ2v) is 6.37. The van der Waals surface area contributed by atoms with Crippen molar-refractivity contribution < 1.29 is 9.90 Å². The molecule has 1 fully saturated rings. The fourth-order valence-corrected chi connectivity index (χ4v) is 2.94. The summed E-state index contributed by atoms with van der Waals surface area (Å²) in [5, 5.41) is 16.0. The van der Waals surface area contributed by atoms with E-state index in [1.807, 2.05) is 24.3 Å². The largest absolute Gasteiger partial charge is 0.394 e. The van der Waals surface area contributed by atoms with Gasteiger partial charge in [-0.1, -0.05) is 43.5 Å². The van der Waals surface area contributed by atoms with Crippen LogP contribution in [0.1, 0.15) is 44.1 Å². The summed E-state index contributed by atoms with van der Waals surface area (Å²) in [6.45, 7) is 2.61. The van der Waals surface area contributed by atoms with Gasteiger partial charge >= 0.3 is 6.03 Å². The van der Waals surface area contributed by atoms with Crippen LogP contribution in [0.3, 0.4) is 0 Å². The van der Waals surface area contributed by atoms with E-state index in [1.165, 1.54) is 0 Å². The number of hydrogen-bond donors (Lipinski definition) is 3. The van der Waals surface area contributed by atoms with Crippen molar-refractivity contribution in [1.82, 2.24) is 10.6 Å². The van der Waals surface area contributed by atoms with E-state index in [0.717, 1.165) is 31.2 Å². The number of nitrogens with one attached hydrogen (secondary N) is 2. The van der Waals surface area contributed by atoms with E-state index >= 15 is 0 Å². The molecule has 21 heavy (non-hydrogen) atoms. The maximum Gasteiger partial charge on any atom is 0.315 e. The summed E-state index contributed by atoms with van der Waals surface area (Å²) in [4.78, 5) is 12.0. The topological polar surface area (TPSA) is 61.4 Å². The molecule has 1 aliphatic carbocycles. The van der Waals surface area contributed by atoms with Crippen LogP contribution in [0.5, 0.6) is 0 Å². The predicted molar refractivity (Wildman–Crippen MR) is 84.7 cm³/mol. The standard InChI is InChI=1S/C16H23ClN2O2/c1-12(13-4-6-14(17)7-5-13)10-18-15(21)19-16(11-20)8-2-3-9-16/h4-7,12,20H,2-3,8-11H2,1H3,(H2,18,19,21)/t12-/m0/s1. The fourth-order valence-electron chi connectivity index (χ4n) is 2.81. The molecule has 2 rings (SSSR count). The van der Waals surface area contributed by atoms with E-state index in [9.17, 15) is 9.90 Å². The molecule has 116 valence electrons. The van der Waals surface area contributed by atoms with Gasteiger partial charge in [0.25, 0.3) is 0 Å². The third kappa shape index (κ3) is 4.35. The van der Waals surface area contributed by atoms with Gasteiger partial charge in [0.1, 0.15) is 0 Å². The average molecular weight is 311 g/mol. The molecule has 2 amide bonds. The molecule has 3 N–H and O–H groups in total. The molecule has 0 aliphatic heterocycles. The van der Waals surface area contributed by atoms with E-state index in [-0.39, 0.29) is 18.6 Å². The Morgan fingerprint density at radius 2 is 1.95 bits per heavy atom. The molecule has 0 radical (unpaired) electrons. The highest BCUT2D eigenvalue weighted by Crippen LogP contribution is 2.28. The first-order valence-electron chi connectivity index (χ1n) is 7.47. The summed E-state index contributed by atoms with van der Waals surface area (Å²) in [5.41, 5.74) is 0.713. The summed E-state index contributed by atoms with van der Waals surface area (Å²) in [6, 6.07) is 7.45. The number of aliphatic hydroxyl groups excluding tert-OH is 1. The molecule has 0 aromatic heterocycles. The first-order chi connectivity index (χ1) is 10.0. The van der Waals surface area contributed by atoms with Crippen LogP contribution in [0.15, 0.2) is 24.3 Å². The Kier molecular flexibility index (Phi) is 5.48. The van der Waals surface area contributed by atoms with Crippen LogP contribution in [0.4, 0.5) is 4.79 Å². The second-order valence-electron chi connectivity index (χ2n) is 5.93. The quantitative estimate of drug-likeness (QED) is 0.783. The highest BCUT2D eigenvalue weighted by atomic mass is 35.5. The molecule has 4 nitrogen and oxygen atoms in total. The van der Waals surface area contributed by atoms with Gasteiger partial charge in [-0.15, -0.1) is 0 Å². The van der Waals surface area contributed by atoms with Crippen molar-refractivity contribution in [2.75, 3.05) is 13.2 Å². The first kappa shape index (κ1) is 16.1. The minimum Gasteiger partial charge on any atom is -0.394 e. The lowest BCUT2D eigenvalue weighted by Gasteiger charge is -2.28. The molecule has 1 atom stereocenters. The van der Waals surface area contributed by atoms with Crippen molar-refractivity contribution >= 4 is 17.6 Å². The van der Waals surface area contributed by atoms with Crippen LogP contribution in [-0.4, -0.2) is 29.8 Å². The van der Waals surface area contributed by atoms with Gasteiger partial charge in [-0.05, 0) is 36.5 Å². The van der Waals surface area contributed by atoms with Crippen LogP contribution >= 0.6 is 11.6 Å². The molecule has 1 aromatic rings. The lowest BCUT2D eigenvalue weighted by atomic mass is 9.99. The molecule has 5 heteroatoms. The number of benzene rings is 1. The SMILES string of the molecule is C[C@@H](CNC(=O)NC1(CO)CCCC1)c1ccc(Cl)cc1. The zero-order chi connectivity index (χ0) is 15.3. The monoisotopic (exact) mass is 310 g/mol. The maximum atomic E-state index is 12.0. The number of carbonyl (C=O) groups excluding carboxylic acids is 1. The molecule has 1 aromatic carbocycles. The number of urea groups is 1. The second kappa shape index (κ2) is 7.14. The van der Waals surface area contributed by atoms with Gasteiger partial charge in [0.2, 0.25) is 0 Å². The van der Waals surface area contributed by atoms with E-state index in [4.69, 9.17) is 11.6 Å². The van der Waals surface area contributed by atoms with Crippen molar-refractivity contribution in [2.45, 2.75) is 44.1 Å². The number of rotatable bonds is 5. The molecule has 1 aliphatic rings. The van der Waals surface area contributed by atoms with Gasteiger partial charge in [-0.2, -0.15) is 0 Å². The van der Waals surface area contributed by atoms with Gasteiger partial charge in [-0.25, -0.2) is 4.79 Å². The van der Waals surface area contributed by atoms with Gasteiger partial charge in [-0.3, -0.25) is 0 Å². The predicted octanol–water partition coefficient (Wildman–Crippen LogP) is 3.05. The van der Waals surface area contributed by atoms with Gasteiger partial charge in [0.15, 0.2) is 0 Å². The zero-order valence-electron chi connectivity index (χ0n) is 12.4. The Hall–Kier alpha value is -1.26. The molecule has 0 bridgehead atoms. The Morgan fingerprint density at radius 1 is 1.33 bits per heavy atom. The maximum absolute atomic E-state index is 12.0. The van der Waals surface area contributed by atoms with E-state index in [2.05, 4.69) is 17.6 Å². The lowest BCUT2D eigenvalue weighted by molar-refractivity contribution is 0.163. The molecule has 1 saturated carbocycles. The minimum absolute atomic E-state index is 0.00710. The minimum atomic E-state index is -0.423. The third-order valence-corrected chi connectivity index (χ3v) is 4.50. The smallest absolute Gasteiger partial charge is 0.315 e.